The third-order valence-corrected chi connectivity index (χ3v) is 4.90. The van der Waals surface area contributed by atoms with Crippen molar-refractivity contribution in [1.82, 2.24) is 9.97 Å². The molecule has 2 aliphatic rings. The lowest BCUT2D eigenvalue weighted by Gasteiger charge is -2.37. The molecule has 0 atom stereocenters. The second kappa shape index (κ2) is 4.78. The van der Waals surface area contributed by atoms with E-state index in [0.29, 0.717) is 18.9 Å². The van der Waals surface area contributed by atoms with Gasteiger partial charge in [-0.3, -0.25) is 4.79 Å². The monoisotopic (exact) mass is 346 g/mol. The van der Waals surface area contributed by atoms with Gasteiger partial charge in [0.15, 0.2) is 0 Å². The molecule has 4 rings (SSSR count). The van der Waals surface area contributed by atoms with Crippen LogP contribution in [0, 0.1) is 0 Å². The lowest BCUT2D eigenvalue weighted by atomic mass is 9.76. The van der Waals surface area contributed by atoms with Gasteiger partial charge < -0.3 is 9.72 Å². The second-order valence-electron chi connectivity index (χ2n) is 5.78. The molecule has 1 aromatic heterocycles. The van der Waals surface area contributed by atoms with E-state index in [0.717, 1.165) is 40.6 Å². The van der Waals surface area contributed by atoms with Crippen LogP contribution >= 0.6 is 15.9 Å². The van der Waals surface area contributed by atoms with E-state index in [2.05, 4.69) is 25.9 Å². The molecule has 0 bridgehead atoms. The molecule has 1 fully saturated rings. The normalized spacial score (nSPS) is 18.5. The first kappa shape index (κ1) is 13.2. The van der Waals surface area contributed by atoms with Crippen molar-refractivity contribution in [1.29, 1.82) is 0 Å². The Morgan fingerprint density at radius 3 is 2.95 bits per heavy atom. The van der Waals surface area contributed by atoms with Gasteiger partial charge >= 0.3 is 0 Å². The van der Waals surface area contributed by atoms with Crippen LogP contribution in [0.15, 0.2) is 33.5 Å². The van der Waals surface area contributed by atoms with Gasteiger partial charge in [-0.2, -0.15) is 0 Å². The van der Waals surface area contributed by atoms with E-state index in [-0.39, 0.29) is 11.2 Å². The number of hydrogen-bond donors (Lipinski definition) is 1. The largest absolute Gasteiger partial charge is 0.364 e. The fourth-order valence-corrected chi connectivity index (χ4v) is 3.69. The van der Waals surface area contributed by atoms with Crippen LogP contribution < -0.4 is 5.56 Å². The molecule has 0 radical (unpaired) electrons. The molecule has 1 spiro atoms. The highest BCUT2D eigenvalue weighted by Gasteiger charge is 2.48. The third-order valence-electron chi connectivity index (χ3n) is 4.41. The van der Waals surface area contributed by atoms with Crippen molar-refractivity contribution < 1.29 is 4.74 Å². The number of nitrogens with one attached hydrogen (secondary N) is 1. The molecule has 108 valence electrons. The maximum atomic E-state index is 12.4. The van der Waals surface area contributed by atoms with E-state index >= 15 is 0 Å². The summed E-state index contributed by atoms with van der Waals surface area (Å²) in [6, 6.07) is 8.03. The van der Waals surface area contributed by atoms with Gasteiger partial charge in [0.1, 0.15) is 11.4 Å². The average Bonchev–Trinajstić information content (AvgIpc) is 2.78. The summed E-state index contributed by atoms with van der Waals surface area (Å²) >= 11 is 3.46. The average molecular weight is 347 g/mol. The number of nitrogens with zero attached hydrogens (tertiary/aromatic N) is 1. The van der Waals surface area contributed by atoms with Crippen molar-refractivity contribution in [2.24, 2.45) is 0 Å². The molecule has 2 heterocycles. The van der Waals surface area contributed by atoms with Crippen molar-refractivity contribution in [2.75, 3.05) is 0 Å². The number of rotatable bonds is 2. The smallest absolute Gasteiger partial charge is 0.257 e. The Kier molecular flexibility index (Phi) is 3.01. The first-order valence-electron chi connectivity index (χ1n) is 7.17. The SMILES string of the molecule is O=c1[nH]c(Cc2cccc(Br)c2)nc2c1C1(CCC1)OC2. The van der Waals surface area contributed by atoms with Gasteiger partial charge in [0.25, 0.3) is 5.56 Å². The number of halogens is 1. The van der Waals surface area contributed by atoms with E-state index in [1.54, 1.807) is 0 Å². The van der Waals surface area contributed by atoms with Crippen molar-refractivity contribution in [3.05, 3.63) is 61.7 Å². The maximum Gasteiger partial charge on any atom is 0.257 e. The van der Waals surface area contributed by atoms with Crippen LogP contribution in [-0.4, -0.2) is 9.97 Å². The van der Waals surface area contributed by atoms with Crippen molar-refractivity contribution >= 4 is 15.9 Å². The summed E-state index contributed by atoms with van der Waals surface area (Å²) in [5.41, 5.74) is 2.35. The Bertz CT molecular complexity index is 765. The summed E-state index contributed by atoms with van der Waals surface area (Å²) in [4.78, 5) is 20.0. The topological polar surface area (TPSA) is 55.0 Å². The molecule has 2 aromatic rings. The summed E-state index contributed by atoms with van der Waals surface area (Å²) < 4.78 is 6.89. The van der Waals surface area contributed by atoms with Crippen LogP contribution in [0.1, 0.15) is 41.9 Å². The van der Waals surface area contributed by atoms with E-state index in [1.807, 2.05) is 24.3 Å². The number of ether oxygens (including phenoxy) is 1. The quantitative estimate of drug-likeness (QED) is 0.909. The van der Waals surface area contributed by atoms with Crippen molar-refractivity contribution in [3.8, 4) is 0 Å². The molecule has 1 N–H and O–H groups in total. The van der Waals surface area contributed by atoms with E-state index in [9.17, 15) is 4.79 Å². The maximum absolute atomic E-state index is 12.4. The highest BCUT2D eigenvalue weighted by atomic mass is 79.9. The van der Waals surface area contributed by atoms with E-state index < -0.39 is 0 Å². The van der Waals surface area contributed by atoms with E-state index in [4.69, 9.17) is 4.74 Å². The Morgan fingerprint density at radius 1 is 1.38 bits per heavy atom. The van der Waals surface area contributed by atoms with Gasteiger partial charge in [0.05, 0.1) is 17.9 Å². The molecule has 1 aliphatic carbocycles. The van der Waals surface area contributed by atoms with Crippen molar-refractivity contribution in [2.45, 2.75) is 37.9 Å². The summed E-state index contributed by atoms with van der Waals surface area (Å²) in [7, 11) is 0. The summed E-state index contributed by atoms with van der Waals surface area (Å²) in [5.74, 6) is 0.705. The molecule has 1 aliphatic heterocycles. The molecule has 0 saturated heterocycles. The van der Waals surface area contributed by atoms with Gasteiger partial charge in [-0.25, -0.2) is 4.98 Å². The zero-order valence-corrected chi connectivity index (χ0v) is 13.1. The Hall–Kier alpha value is -1.46. The first-order valence-corrected chi connectivity index (χ1v) is 7.97. The second-order valence-corrected chi connectivity index (χ2v) is 6.69. The fraction of sp³-hybridized carbons (Fsp3) is 0.375. The zero-order chi connectivity index (χ0) is 14.4. The summed E-state index contributed by atoms with van der Waals surface area (Å²) in [5, 5.41) is 0. The lowest BCUT2D eigenvalue weighted by Crippen LogP contribution is -2.38. The molecule has 5 heteroatoms. The fourth-order valence-electron chi connectivity index (χ4n) is 3.24. The minimum atomic E-state index is -0.329. The molecule has 1 saturated carbocycles. The number of benzene rings is 1. The van der Waals surface area contributed by atoms with Crippen LogP contribution in [-0.2, 0) is 23.4 Å². The third kappa shape index (κ3) is 2.15. The van der Waals surface area contributed by atoms with Crippen LogP contribution in [0.5, 0.6) is 0 Å². The van der Waals surface area contributed by atoms with Gasteiger partial charge in [-0.15, -0.1) is 0 Å². The van der Waals surface area contributed by atoms with Crippen LogP contribution in [0.3, 0.4) is 0 Å². The van der Waals surface area contributed by atoms with Crippen LogP contribution in [0.2, 0.25) is 0 Å². The number of aromatic amines is 1. The minimum absolute atomic E-state index is 0.0257. The number of H-pyrrole nitrogens is 1. The Balaban J connectivity index is 1.70. The lowest BCUT2D eigenvalue weighted by molar-refractivity contribution is -0.0952. The predicted molar refractivity (Wildman–Crippen MR) is 82.1 cm³/mol. The van der Waals surface area contributed by atoms with Crippen LogP contribution in [0.25, 0.3) is 0 Å². The molecule has 0 unspecified atom stereocenters. The van der Waals surface area contributed by atoms with Crippen molar-refractivity contribution in [3.63, 3.8) is 0 Å². The van der Waals surface area contributed by atoms with Gasteiger partial charge in [0, 0.05) is 10.9 Å². The summed E-state index contributed by atoms with van der Waals surface area (Å²) in [6.45, 7) is 0.463. The molecule has 21 heavy (non-hydrogen) atoms. The molecular formula is C16H15BrN2O2. The number of aromatic nitrogens is 2. The minimum Gasteiger partial charge on any atom is -0.364 e. The highest BCUT2D eigenvalue weighted by molar-refractivity contribution is 9.10. The zero-order valence-electron chi connectivity index (χ0n) is 11.5. The molecule has 4 nitrogen and oxygen atoms in total. The standard InChI is InChI=1S/C16H15BrN2O2/c17-11-4-1-3-10(7-11)8-13-18-12-9-21-16(5-2-6-16)14(12)15(20)19-13/h1,3-4,7H,2,5-6,8-9H2,(H,18,19,20). The van der Waals surface area contributed by atoms with Gasteiger partial charge in [-0.1, -0.05) is 28.1 Å². The van der Waals surface area contributed by atoms with Gasteiger partial charge in [-0.05, 0) is 37.0 Å². The molecular weight excluding hydrogens is 332 g/mol. The van der Waals surface area contributed by atoms with Crippen LogP contribution in [0.4, 0.5) is 0 Å². The Morgan fingerprint density at radius 2 is 2.24 bits per heavy atom. The first-order chi connectivity index (χ1) is 10.2. The number of fused-ring (bicyclic) bond motifs is 2. The summed E-state index contributed by atoms with van der Waals surface area (Å²) in [6.07, 6.45) is 3.62. The predicted octanol–water partition coefficient (Wildman–Crippen LogP) is 3.03. The molecule has 0 amide bonds. The van der Waals surface area contributed by atoms with E-state index in [1.165, 1.54) is 0 Å². The Labute approximate surface area is 130 Å². The molecule has 1 aromatic carbocycles. The highest BCUT2D eigenvalue weighted by Crippen LogP contribution is 2.48. The number of hydrogen-bond acceptors (Lipinski definition) is 3. The van der Waals surface area contributed by atoms with Gasteiger partial charge in [0.2, 0.25) is 0 Å².